The highest BCUT2D eigenvalue weighted by Crippen LogP contribution is 2.15. The molecule has 0 N–H and O–H groups in total. The van der Waals surface area contributed by atoms with Crippen LogP contribution in [-0.2, 0) is 14.8 Å². The molecule has 2 rings (SSSR count). The lowest BCUT2D eigenvalue weighted by atomic mass is 10.2. The number of hydrogen-bond acceptors (Lipinski definition) is 4. The van der Waals surface area contributed by atoms with Crippen LogP contribution in [0.1, 0.15) is 12.8 Å². The Hall–Kier alpha value is -0.170. The second kappa shape index (κ2) is 5.00. The van der Waals surface area contributed by atoms with E-state index in [0.29, 0.717) is 19.2 Å². The number of rotatable bonds is 3. The van der Waals surface area contributed by atoms with E-state index in [4.69, 9.17) is 4.74 Å². The topological polar surface area (TPSA) is 49.9 Å². The van der Waals surface area contributed by atoms with Gasteiger partial charge in [-0.2, -0.15) is 4.31 Å². The van der Waals surface area contributed by atoms with E-state index in [0.717, 1.165) is 39.1 Å². The Bertz CT molecular complexity index is 317. The van der Waals surface area contributed by atoms with Gasteiger partial charge in [0.2, 0.25) is 10.0 Å². The lowest BCUT2D eigenvalue weighted by Crippen LogP contribution is -2.49. The Morgan fingerprint density at radius 2 is 1.94 bits per heavy atom. The highest BCUT2D eigenvalue weighted by molar-refractivity contribution is 7.88. The molecular formula is C10H20N2O3S. The van der Waals surface area contributed by atoms with Crippen LogP contribution in [0.25, 0.3) is 0 Å². The van der Waals surface area contributed by atoms with E-state index in [-0.39, 0.29) is 0 Å². The third-order valence-electron chi connectivity index (χ3n) is 3.29. The summed E-state index contributed by atoms with van der Waals surface area (Å²) < 4.78 is 29.8. The number of nitrogens with zero attached hydrogens (tertiary/aromatic N) is 2. The Morgan fingerprint density at radius 3 is 2.44 bits per heavy atom. The third-order valence-corrected chi connectivity index (χ3v) is 4.59. The van der Waals surface area contributed by atoms with Crippen LogP contribution in [0.4, 0.5) is 0 Å². The van der Waals surface area contributed by atoms with Crippen molar-refractivity contribution in [1.29, 1.82) is 0 Å². The van der Waals surface area contributed by atoms with Crippen LogP contribution in [0.15, 0.2) is 0 Å². The van der Waals surface area contributed by atoms with Gasteiger partial charge in [0, 0.05) is 39.3 Å². The first-order valence-electron chi connectivity index (χ1n) is 5.85. The molecule has 0 aliphatic carbocycles. The Kier molecular flexibility index (Phi) is 3.84. The van der Waals surface area contributed by atoms with Crippen LogP contribution in [-0.4, -0.2) is 69.3 Å². The molecule has 2 aliphatic rings. The van der Waals surface area contributed by atoms with Crippen molar-refractivity contribution >= 4 is 10.0 Å². The minimum absolute atomic E-state index is 0.366. The maximum atomic E-state index is 11.3. The molecule has 94 valence electrons. The number of sulfonamides is 1. The van der Waals surface area contributed by atoms with Gasteiger partial charge in [0.1, 0.15) is 0 Å². The smallest absolute Gasteiger partial charge is 0.211 e. The lowest BCUT2D eigenvalue weighted by Gasteiger charge is -2.34. The van der Waals surface area contributed by atoms with E-state index in [1.807, 2.05) is 0 Å². The fourth-order valence-electron chi connectivity index (χ4n) is 2.32. The molecule has 0 aromatic heterocycles. The summed E-state index contributed by atoms with van der Waals surface area (Å²) in [6, 6.07) is 0. The van der Waals surface area contributed by atoms with Crippen molar-refractivity contribution in [2.75, 3.05) is 45.6 Å². The maximum absolute atomic E-state index is 11.3. The summed E-state index contributed by atoms with van der Waals surface area (Å²) in [7, 11) is -3.00. The minimum atomic E-state index is -3.00. The molecule has 0 radical (unpaired) electrons. The maximum Gasteiger partial charge on any atom is 0.211 e. The van der Waals surface area contributed by atoms with E-state index < -0.39 is 10.0 Å². The summed E-state index contributed by atoms with van der Waals surface area (Å²) in [4.78, 5) is 2.30. The highest BCUT2D eigenvalue weighted by atomic mass is 32.2. The molecule has 0 bridgehead atoms. The fraction of sp³-hybridized carbons (Fsp3) is 1.00. The number of hydrogen-bond donors (Lipinski definition) is 0. The molecule has 0 aromatic rings. The average Bonchev–Trinajstić information content (AvgIpc) is 2.70. The molecular weight excluding hydrogens is 228 g/mol. The van der Waals surface area contributed by atoms with Crippen LogP contribution in [0.2, 0.25) is 0 Å². The van der Waals surface area contributed by atoms with Crippen molar-refractivity contribution in [2.24, 2.45) is 0 Å². The monoisotopic (exact) mass is 248 g/mol. The molecule has 0 saturated carbocycles. The Balaban J connectivity index is 1.76. The summed E-state index contributed by atoms with van der Waals surface area (Å²) in [5, 5.41) is 0. The zero-order valence-corrected chi connectivity index (χ0v) is 10.6. The molecule has 0 spiro atoms. The van der Waals surface area contributed by atoms with Gasteiger partial charge in [-0.15, -0.1) is 0 Å². The van der Waals surface area contributed by atoms with Crippen LogP contribution < -0.4 is 0 Å². The van der Waals surface area contributed by atoms with Gasteiger partial charge in [0.05, 0.1) is 12.4 Å². The molecule has 5 nitrogen and oxygen atoms in total. The van der Waals surface area contributed by atoms with E-state index in [1.165, 1.54) is 6.26 Å². The van der Waals surface area contributed by atoms with E-state index in [1.54, 1.807) is 4.31 Å². The van der Waals surface area contributed by atoms with Gasteiger partial charge in [-0.3, -0.25) is 4.90 Å². The number of ether oxygens (including phenoxy) is 1. The van der Waals surface area contributed by atoms with Crippen LogP contribution in [0, 0.1) is 0 Å². The highest BCUT2D eigenvalue weighted by Gasteiger charge is 2.26. The van der Waals surface area contributed by atoms with Crippen LogP contribution in [0.5, 0.6) is 0 Å². The molecule has 2 heterocycles. The minimum Gasteiger partial charge on any atom is -0.377 e. The van der Waals surface area contributed by atoms with Crippen molar-refractivity contribution < 1.29 is 13.2 Å². The van der Waals surface area contributed by atoms with Gasteiger partial charge >= 0.3 is 0 Å². The predicted molar refractivity (Wildman–Crippen MR) is 61.8 cm³/mol. The van der Waals surface area contributed by atoms with Crippen LogP contribution >= 0.6 is 0 Å². The van der Waals surface area contributed by atoms with E-state index >= 15 is 0 Å². The molecule has 2 fully saturated rings. The van der Waals surface area contributed by atoms with Crippen molar-refractivity contribution in [3.63, 3.8) is 0 Å². The molecule has 1 atom stereocenters. The SMILES string of the molecule is CS(=O)(=O)N1CCN(C[C@H]2CCCO2)CC1. The van der Waals surface area contributed by atoms with Crippen LogP contribution in [0.3, 0.4) is 0 Å². The Labute approximate surface area is 97.4 Å². The zero-order valence-electron chi connectivity index (χ0n) is 9.76. The standard InChI is InChI=1S/C10H20N2O3S/c1-16(13,14)12-6-4-11(5-7-12)9-10-3-2-8-15-10/h10H,2-9H2,1H3/t10-/m1/s1. The number of piperazine rings is 1. The average molecular weight is 248 g/mol. The van der Waals surface area contributed by atoms with Gasteiger partial charge < -0.3 is 4.74 Å². The molecule has 0 aromatic carbocycles. The van der Waals surface area contributed by atoms with Gasteiger partial charge in [-0.25, -0.2) is 8.42 Å². The second-order valence-electron chi connectivity index (χ2n) is 4.60. The van der Waals surface area contributed by atoms with Gasteiger partial charge in [0.25, 0.3) is 0 Å². The third kappa shape index (κ3) is 3.16. The molecule has 6 heteroatoms. The van der Waals surface area contributed by atoms with Crippen molar-refractivity contribution in [3.05, 3.63) is 0 Å². The molecule has 2 aliphatic heterocycles. The molecule has 2 saturated heterocycles. The van der Waals surface area contributed by atoms with Gasteiger partial charge in [0.15, 0.2) is 0 Å². The van der Waals surface area contributed by atoms with Gasteiger partial charge in [-0.1, -0.05) is 0 Å². The summed E-state index contributed by atoms with van der Waals surface area (Å²) >= 11 is 0. The summed E-state index contributed by atoms with van der Waals surface area (Å²) in [5.41, 5.74) is 0. The van der Waals surface area contributed by atoms with E-state index in [2.05, 4.69) is 4.90 Å². The summed E-state index contributed by atoms with van der Waals surface area (Å²) in [6.45, 7) is 4.72. The first-order chi connectivity index (χ1) is 7.55. The van der Waals surface area contributed by atoms with Gasteiger partial charge in [-0.05, 0) is 12.8 Å². The van der Waals surface area contributed by atoms with Crippen molar-refractivity contribution in [1.82, 2.24) is 9.21 Å². The first kappa shape index (κ1) is 12.3. The lowest BCUT2D eigenvalue weighted by molar-refractivity contribution is 0.0618. The second-order valence-corrected chi connectivity index (χ2v) is 6.58. The van der Waals surface area contributed by atoms with Crippen molar-refractivity contribution in [3.8, 4) is 0 Å². The molecule has 0 amide bonds. The summed E-state index contributed by atoms with van der Waals surface area (Å²) in [6.07, 6.45) is 3.95. The fourth-order valence-corrected chi connectivity index (χ4v) is 3.15. The first-order valence-corrected chi connectivity index (χ1v) is 7.69. The molecule has 16 heavy (non-hydrogen) atoms. The molecule has 0 unspecified atom stereocenters. The largest absolute Gasteiger partial charge is 0.377 e. The van der Waals surface area contributed by atoms with E-state index in [9.17, 15) is 8.42 Å². The van der Waals surface area contributed by atoms with Crippen molar-refractivity contribution in [2.45, 2.75) is 18.9 Å². The Morgan fingerprint density at radius 1 is 1.25 bits per heavy atom. The zero-order chi connectivity index (χ0) is 11.6. The quantitative estimate of drug-likeness (QED) is 0.690. The summed E-state index contributed by atoms with van der Waals surface area (Å²) in [5.74, 6) is 0. The predicted octanol–water partition coefficient (Wildman–Crippen LogP) is -0.257. The normalized spacial score (nSPS) is 29.7.